The van der Waals surface area contributed by atoms with Crippen molar-refractivity contribution in [2.45, 2.75) is 51.1 Å². The summed E-state index contributed by atoms with van der Waals surface area (Å²) in [7, 11) is 0. The number of hydrogen-bond acceptors (Lipinski definition) is 2. The Morgan fingerprint density at radius 2 is 2.09 bits per heavy atom. The number of nitrogens with one attached hydrogen (secondary N) is 1. The molecule has 1 saturated carbocycles. The Morgan fingerprint density at radius 3 is 2.86 bits per heavy atom. The van der Waals surface area contributed by atoms with Gasteiger partial charge in [-0.05, 0) is 37.8 Å². The van der Waals surface area contributed by atoms with Gasteiger partial charge in [0.05, 0.1) is 6.54 Å². The highest BCUT2D eigenvalue weighted by atomic mass is 127. The minimum absolute atomic E-state index is 0. The lowest BCUT2D eigenvalue weighted by molar-refractivity contribution is 0.618. The monoisotopic (exact) mass is 414 g/mol. The molecule has 1 aliphatic carbocycles. The van der Waals surface area contributed by atoms with Gasteiger partial charge < -0.3 is 16.0 Å². The Kier molecular flexibility index (Phi) is 6.35. The van der Waals surface area contributed by atoms with Gasteiger partial charge in [-0.15, -0.1) is 24.0 Å². The summed E-state index contributed by atoms with van der Waals surface area (Å²) in [5.41, 5.74) is 8.83. The first-order valence-corrected chi connectivity index (χ1v) is 8.15. The van der Waals surface area contributed by atoms with Gasteiger partial charge in [-0.1, -0.05) is 31.0 Å². The normalized spacial score (nSPS) is 19.7. The summed E-state index contributed by atoms with van der Waals surface area (Å²) in [6.45, 7) is 4.07. The molecule has 1 heterocycles. The van der Waals surface area contributed by atoms with Crippen molar-refractivity contribution in [1.82, 2.24) is 5.32 Å². The van der Waals surface area contributed by atoms with E-state index in [1.807, 2.05) is 0 Å². The summed E-state index contributed by atoms with van der Waals surface area (Å²) < 4.78 is 0. The van der Waals surface area contributed by atoms with Crippen LogP contribution in [0.3, 0.4) is 0 Å². The summed E-state index contributed by atoms with van der Waals surface area (Å²) >= 11 is 0. The first-order valence-electron chi connectivity index (χ1n) is 8.15. The maximum absolute atomic E-state index is 6.02. The number of hydrogen-bond donors (Lipinski definition) is 2. The van der Waals surface area contributed by atoms with Crippen LogP contribution in [-0.4, -0.2) is 31.1 Å². The van der Waals surface area contributed by atoms with Crippen LogP contribution < -0.4 is 16.0 Å². The summed E-state index contributed by atoms with van der Waals surface area (Å²) in [5.74, 6) is 0.612. The summed E-state index contributed by atoms with van der Waals surface area (Å²) in [4.78, 5) is 6.99. The van der Waals surface area contributed by atoms with Crippen molar-refractivity contribution in [3.8, 4) is 0 Å². The molecule has 1 aromatic rings. The maximum Gasteiger partial charge on any atom is 0.188 e. The molecule has 5 heteroatoms. The average Bonchev–Trinajstić information content (AvgIpc) is 3.13. The van der Waals surface area contributed by atoms with Gasteiger partial charge in [0.15, 0.2) is 5.96 Å². The summed E-state index contributed by atoms with van der Waals surface area (Å²) in [5, 5.41) is 3.35. The van der Waals surface area contributed by atoms with Crippen molar-refractivity contribution in [1.29, 1.82) is 0 Å². The van der Waals surface area contributed by atoms with Gasteiger partial charge in [-0.3, -0.25) is 4.99 Å². The van der Waals surface area contributed by atoms with Crippen molar-refractivity contribution in [2.75, 3.05) is 18.0 Å². The molecule has 3 rings (SSSR count). The smallest absolute Gasteiger partial charge is 0.188 e. The highest BCUT2D eigenvalue weighted by molar-refractivity contribution is 14.0. The number of aliphatic imine (C=N–C) groups is 1. The first kappa shape index (κ1) is 17.4. The SMILES string of the molecule is CC(CN=C(N)NC1CCCC1)N1CCc2ccccc21.I. The molecule has 0 spiro atoms. The second-order valence-electron chi connectivity index (χ2n) is 6.27. The molecule has 0 saturated heterocycles. The second kappa shape index (κ2) is 8.04. The highest BCUT2D eigenvalue weighted by Crippen LogP contribution is 2.29. The van der Waals surface area contributed by atoms with Gasteiger partial charge >= 0.3 is 0 Å². The van der Waals surface area contributed by atoms with Gasteiger partial charge in [-0.2, -0.15) is 0 Å². The van der Waals surface area contributed by atoms with E-state index >= 15 is 0 Å². The molecule has 0 amide bonds. The van der Waals surface area contributed by atoms with E-state index < -0.39 is 0 Å². The molecule has 22 heavy (non-hydrogen) atoms. The standard InChI is InChI=1S/C17H26N4.HI/c1-13(12-19-17(18)20-15-7-3-4-8-15)21-11-10-14-6-2-5-9-16(14)21;/h2,5-6,9,13,15H,3-4,7-8,10-12H2,1H3,(H3,18,19,20);1H. The molecule has 0 radical (unpaired) electrons. The summed E-state index contributed by atoms with van der Waals surface area (Å²) in [6, 6.07) is 9.59. The second-order valence-corrected chi connectivity index (χ2v) is 6.27. The topological polar surface area (TPSA) is 53.6 Å². The van der Waals surface area contributed by atoms with Crippen LogP contribution in [0.5, 0.6) is 0 Å². The quantitative estimate of drug-likeness (QED) is 0.453. The largest absolute Gasteiger partial charge is 0.370 e. The molecule has 0 bridgehead atoms. The van der Waals surface area contributed by atoms with Crippen LogP contribution in [-0.2, 0) is 6.42 Å². The third-order valence-electron chi connectivity index (χ3n) is 4.69. The third-order valence-corrected chi connectivity index (χ3v) is 4.69. The van der Waals surface area contributed by atoms with Crippen LogP contribution in [0.4, 0.5) is 5.69 Å². The van der Waals surface area contributed by atoms with Crippen LogP contribution in [0.1, 0.15) is 38.2 Å². The lowest BCUT2D eigenvalue weighted by Gasteiger charge is -2.26. The molecule has 1 aliphatic heterocycles. The highest BCUT2D eigenvalue weighted by Gasteiger charge is 2.22. The molecular weight excluding hydrogens is 387 g/mol. The number of fused-ring (bicyclic) bond motifs is 1. The Balaban J connectivity index is 0.00000176. The number of nitrogens with zero attached hydrogens (tertiary/aromatic N) is 2. The van der Waals surface area contributed by atoms with Crippen LogP contribution in [0.25, 0.3) is 0 Å². The number of guanidine groups is 1. The van der Waals surface area contributed by atoms with Crippen LogP contribution >= 0.6 is 24.0 Å². The van der Waals surface area contributed by atoms with E-state index in [1.54, 1.807) is 0 Å². The third kappa shape index (κ3) is 4.06. The zero-order valence-corrected chi connectivity index (χ0v) is 15.6. The molecule has 1 atom stereocenters. The van der Waals surface area contributed by atoms with E-state index in [4.69, 9.17) is 5.73 Å². The average molecular weight is 414 g/mol. The van der Waals surface area contributed by atoms with Crippen molar-refractivity contribution in [3.05, 3.63) is 29.8 Å². The zero-order chi connectivity index (χ0) is 14.7. The molecule has 3 N–H and O–H groups in total. The van der Waals surface area contributed by atoms with Gasteiger partial charge in [0.25, 0.3) is 0 Å². The van der Waals surface area contributed by atoms with E-state index in [0.717, 1.165) is 19.5 Å². The maximum atomic E-state index is 6.02. The minimum atomic E-state index is 0. The molecule has 1 aromatic carbocycles. The fourth-order valence-corrected chi connectivity index (χ4v) is 3.48. The van der Waals surface area contributed by atoms with Crippen LogP contribution in [0.15, 0.2) is 29.3 Å². The number of halogens is 1. The lowest BCUT2D eigenvalue weighted by atomic mass is 10.2. The van der Waals surface area contributed by atoms with E-state index in [-0.39, 0.29) is 24.0 Å². The van der Waals surface area contributed by atoms with Crippen molar-refractivity contribution in [2.24, 2.45) is 10.7 Å². The Hall–Kier alpha value is -0.980. The minimum Gasteiger partial charge on any atom is -0.370 e. The number of benzene rings is 1. The number of rotatable bonds is 4. The Labute approximate surface area is 150 Å². The van der Waals surface area contributed by atoms with Crippen LogP contribution in [0, 0.1) is 0 Å². The van der Waals surface area contributed by atoms with Gasteiger partial charge in [0.1, 0.15) is 0 Å². The fraction of sp³-hybridized carbons (Fsp3) is 0.588. The van der Waals surface area contributed by atoms with Crippen LogP contribution in [0.2, 0.25) is 0 Å². The van der Waals surface area contributed by atoms with E-state index in [1.165, 1.54) is 36.9 Å². The molecule has 4 nitrogen and oxygen atoms in total. The van der Waals surface area contributed by atoms with Crippen molar-refractivity contribution < 1.29 is 0 Å². The van der Waals surface area contributed by atoms with E-state index in [0.29, 0.717) is 18.0 Å². The molecule has 0 aromatic heterocycles. The number of nitrogens with two attached hydrogens (primary N) is 1. The predicted molar refractivity (Wildman–Crippen MR) is 104 cm³/mol. The lowest BCUT2D eigenvalue weighted by Crippen LogP contribution is -2.40. The molecular formula is C17H27IN4. The zero-order valence-electron chi connectivity index (χ0n) is 13.3. The number of para-hydroxylation sites is 1. The Morgan fingerprint density at radius 1 is 1.36 bits per heavy atom. The predicted octanol–water partition coefficient (Wildman–Crippen LogP) is 2.90. The van der Waals surface area contributed by atoms with Crippen molar-refractivity contribution in [3.63, 3.8) is 0 Å². The molecule has 122 valence electrons. The van der Waals surface area contributed by atoms with Gasteiger partial charge in [0, 0.05) is 24.3 Å². The fourth-order valence-electron chi connectivity index (χ4n) is 3.48. The van der Waals surface area contributed by atoms with Gasteiger partial charge in [0.2, 0.25) is 0 Å². The molecule has 2 aliphatic rings. The van der Waals surface area contributed by atoms with Gasteiger partial charge in [-0.25, -0.2) is 0 Å². The van der Waals surface area contributed by atoms with Crippen molar-refractivity contribution >= 4 is 35.6 Å². The first-order chi connectivity index (χ1) is 10.2. The summed E-state index contributed by atoms with van der Waals surface area (Å²) in [6.07, 6.45) is 6.22. The molecule has 1 fully saturated rings. The van der Waals surface area contributed by atoms with E-state index in [2.05, 4.69) is 46.4 Å². The number of anilines is 1. The molecule has 1 unspecified atom stereocenters. The van der Waals surface area contributed by atoms with E-state index in [9.17, 15) is 0 Å². The Bertz CT molecular complexity index is 511.